The second-order valence-electron chi connectivity index (χ2n) is 7.67. The van der Waals surface area contributed by atoms with Gasteiger partial charge in [0.25, 0.3) is 10.0 Å². The highest BCUT2D eigenvalue weighted by Crippen LogP contribution is 2.25. The van der Waals surface area contributed by atoms with Gasteiger partial charge >= 0.3 is 0 Å². The van der Waals surface area contributed by atoms with E-state index in [1.165, 1.54) is 12.5 Å². The number of hydrogen-bond donors (Lipinski definition) is 1. The van der Waals surface area contributed by atoms with Crippen molar-refractivity contribution in [3.63, 3.8) is 0 Å². The number of nitrogens with zero attached hydrogens (tertiary/aromatic N) is 2. The lowest BCUT2D eigenvalue weighted by atomic mass is 10.0. The van der Waals surface area contributed by atoms with Crippen LogP contribution in [-0.2, 0) is 21.4 Å². The summed E-state index contributed by atoms with van der Waals surface area (Å²) in [7, 11) is -3.70. The van der Waals surface area contributed by atoms with Crippen LogP contribution in [0.4, 0.5) is 0 Å². The molecule has 2 aromatic rings. The van der Waals surface area contributed by atoms with E-state index in [-0.39, 0.29) is 16.9 Å². The minimum Gasteiger partial charge on any atom is -0.598 e. The van der Waals surface area contributed by atoms with Crippen LogP contribution in [0.25, 0.3) is 0 Å². The number of rotatable bonds is 6. The number of aromatic nitrogens is 2. The molecule has 6 nitrogen and oxygen atoms in total. The molecular formula is C18H27N3O3S2. The molecule has 0 saturated carbocycles. The normalized spacial score (nSPS) is 15.2. The zero-order valence-corrected chi connectivity index (χ0v) is 17.7. The fraction of sp³-hybridized carbons (Fsp3) is 0.500. The summed E-state index contributed by atoms with van der Waals surface area (Å²) in [4.78, 5) is 4.48. The van der Waals surface area contributed by atoms with Crippen LogP contribution in [0.1, 0.15) is 51.9 Å². The van der Waals surface area contributed by atoms with Gasteiger partial charge in [-0.2, -0.15) is 0 Å². The molecule has 1 N–H and O–H groups in total. The van der Waals surface area contributed by atoms with Gasteiger partial charge in [-0.3, -0.25) is 0 Å². The molecule has 0 bridgehead atoms. The summed E-state index contributed by atoms with van der Waals surface area (Å²) >= 11 is -1.29. The van der Waals surface area contributed by atoms with Gasteiger partial charge in [0.05, 0.1) is 16.6 Å². The molecule has 2 rings (SSSR count). The molecule has 0 spiro atoms. The maximum atomic E-state index is 12.8. The van der Waals surface area contributed by atoms with Gasteiger partial charge in [0.1, 0.15) is 11.1 Å². The largest absolute Gasteiger partial charge is 0.598 e. The van der Waals surface area contributed by atoms with Crippen LogP contribution in [0.2, 0.25) is 0 Å². The van der Waals surface area contributed by atoms with Crippen LogP contribution in [0, 0.1) is 12.8 Å². The van der Waals surface area contributed by atoms with Gasteiger partial charge in [-0.25, -0.2) is 17.4 Å². The van der Waals surface area contributed by atoms with E-state index in [0.29, 0.717) is 5.69 Å². The molecule has 0 aliphatic carbocycles. The third-order valence-electron chi connectivity index (χ3n) is 3.95. The van der Waals surface area contributed by atoms with Gasteiger partial charge in [-0.05, 0) is 45.7 Å². The van der Waals surface area contributed by atoms with Gasteiger partial charge < -0.3 is 4.55 Å². The number of imidazole rings is 1. The van der Waals surface area contributed by atoms with Crippen LogP contribution in [0.15, 0.2) is 41.7 Å². The van der Waals surface area contributed by atoms with Crippen molar-refractivity contribution < 1.29 is 13.0 Å². The SMILES string of the molecule is Cc1ccc(S(=O)(=O)n2cnc(C(N[S@+]([O-])C(C)(C)C)C(C)C)c2)cc1. The Morgan fingerprint density at radius 2 is 1.77 bits per heavy atom. The van der Waals surface area contributed by atoms with Crippen molar-refractivity contribution in [1.82, 2.24) is 13.7 Å². The monoisotopic (exact) mass is 397 g/mol. The summed E-state index contributed by atoms with van der Waals surface area (Å²) in [6.07, 6.45) is 2.79. The summed E-state index contributed by atoms with van der Waals surface area (Å²) in [5.41, 5.74) is 1.54. The number of aryl methyl sites for hydroxylation is 1. The lowest BCUT2D eigenvalue weighted by molar-refractivity contribution is 0.445. The maximum absolute atomic E-state index is 12.8. The first-order valence-corrected chi connectivity index (χ1v) is 11.1. The first-order chi connectivity index (χ1) is 11.9. The second kappa shape index (κ2) is 7.72. The summed E-state index contributed by atoms with van der Waals surface area (Å²) in [6.45, 7) is 11.5. The van der Waals surface area contributed by atoms with Crippen molar-refractivity contribution in [3.05, 3.63) is 48.0 Å². The zero-order valence-electron chi connectivity index (χ0n) is 16.1. The van der Waals surface area contributed by atoms with Crippen LogP contribution in [0.3, 0.4) is 0 Å². The molecule has 0 aliphatic rings. The fourth-order valence-corrected chi connectivity index (χ4v) is 4.39. The molecule has 144 valence electrons. The van der Waals surface area contributed by atoms with Gasteiger partial charge in [0.15, 0.2) is 0 Å². The molecule has 0 aliphatic heterocycles. The highest BCUT2D eigenvalue weighted by atomic mass is 32.2. The highest BCUT2D eigenvalue weighted by Gasteiger charge is 2.32. The van der Waals surface area contributed by atoms with Crippen LogP contribution in [0.5, 0.6) is 0 Å². The van der Waals surface area contributed by atoms with Crippen LogP contribution < -0.4 is 4.72 Å². The average molecular weight is 398 g/mol. The van der Waals surface area contributed by atoms with Crippen molar-refractivity contribution >= 4 is 21.4 Å². The third-order valence-corrected chi connectivity index (χ3v) is 7.16. The van der Waals surface area contributed by atoms with E-state index in [1.807, 2.05) is 41.5 Å². The Bertz CT molecular complexity index is 837. The Morgan fingerprint density at radius 3 is 2.27 bits per heavy atom. The van der Waals surface area contributed by atoms with E-state index >= 15 is 0 Å². The van der Waals surface area contributed by atoms with Crippen LogP contribution >= 0.6 is 0 Å². The highest BCUT2D eigenvalue weighted by molar-refractivity contribution is 7.90. The summed E-state index contributed by atoms with van der Waals surface area (Å²) in [5, 5.41) is 0. The predicted molar refractivity (Wildman–Crippen MR) is 105 cm³/mol. The lowest BCUT2D eigenvalue weighted by Gasteiger charge is -2.28. The van der Waals surface area contributed by atoms with E-state index in [1.54, 1.807) is 24.3 Å². The minimum absolute atomic E-state index is 0.0896. The van der Waals surface area contributed by atoms with E-state index in [4.69, 9.17) is 0 Å². The topological polar surface area (TPSA) is 87.0 Å². The van der Waals surface area contributed by atoms with Crippen molar-refractivity contribution in [2.75, 3.05) is 0 Å². The minimum atomic E-state index is -3.70. The molecule has 0 radical (unpaired) electrons. The van der Waals surface area contributed by atoms with E-state index in [9.17, 15) is 13.0 Å². The number of benzene rings is 1. The Kier molecular flexibility index (Phi) is 6.22. The van der Waals surface area contributed by atoms with Crippen LogP contribution in [-0.4, -0.2) is 26.7 Å². The molecule has 1 aromatic heterocycles. The molecule has 1 unspecified atom stereocenters. The fourth-order valence-electron chi connectivity index (χ4n) is 2.27. The van der Waals surface area contributed by atoms with Crippen molar-refractivity contribution in [2.45, 2.75) is 57.2 Å². The zero-order chi connectivity index (χ0) is 19.7. The molecule has 1 aromatic carbocycles. The van der Waals surface area contributed by atoms with E-state index in [2.05, 4.69) is 9.71 Å². The standard InChI is InChI=1S/C18H27N3O3S2/c1-13(2)17(20-25(22)18(4,5)6)16-11-21(12-19-16)26(23,24)15-9-7-14(3)8-10-15/h7-13,17,20H,1-6H3/t17?,25-/m1/s1. The first-order valence-electron chi connectivity index (χ1n) is 8.47. The van der Waals surface area contributed by atoms with Crippen molar-refractivity contribution in [1.29, 1.82) is 0 Å². The quantitative estimate of drug-likeness (QED) is 0.757. The van der Waals surface area contributed by atoms with Crippen molar-refractivity contribution in [3.8, 4) is 0 Å². The summed E-state index contributed by atoms with van der Waals surface area (Å²) in [6, 6.07) is 6.37. The van der Waals surface area contributed by atoms with Crippen molar-refractivity contribution in [2.24, 2.45) is 5.92 Å². The first kappa shape index (κ1) is 21.0. The van der Waals surface area contributed by atoms with Gasteiger partial charge in [0.2, 0.25) is 0 Å². The molecule has 0 saturated heterocycles. The van der Waals surface area contributed by atoms with E-state index < -0.39 is 26.1 Å². The molecular weight excluding hydrogens is 370 g/mol. The van der Waals surface area contributed by atoms with E-state index in [0.717, 1.165) is 9.54 Å². The Morgan fingerprint density at radius 1 is 1.19 bits per heavy atom. The molecule has 26 heavy (non-hydrogen) atoms. The number of nitrogens with one attached hydrogen (secondary N) is 1. The third kappa shape index (κ3) is 4.68. The second-order valence-corrected chi connectivity index (χ2v) is 11.5. The van der Waals surface area contributed by atoms with Gasteiger partial charge in [-0.15, -0.1) is 4.72 Å². The maximum Gasteiger partial charge on any atom is 0.268 e. The Hall–Kier alpha value is -1.35. The summed E-state index contributed by atoms with van der Waals surface area (Å²) < 4.78 is 41.8. The average Bonchev–Trinajstić information content (AvgIpc) is 3.01. The predicted octanol–water partition coefficient (Wildman–Crippen LogP) is 3.18. The Labute approximate surface area is 159 Å². The number of hydrogen-bond acceptors (Lipinski definition) is 5. The smallest absolute Gasteiger partial charge is 0.268 e. The molecule has 0 amide bonds. The molecule has 1 heterocycles. The lowest BCUT2D eigenvalue weighted by Crippen LogP contribution is -2.42. The summed E-state index contributed by atoms with van der Waals surface area (Å²) in [5.74, 6) is 0.0896. The molecule has 2 atom stereocenters. The molecule has 8 heteroatoms. The molecule has 0 fully saturated rings. The van der Waals surface area contributed by atoms with Gasteiger partial charge in [-0.1, -0.05) is 31.5 Å². The van der Waals surface area contributed by atoms with Gasteiger partial charge in [0, 0.05) is 17.6 Å². The Balaban J connectivity index is 2.32.